The lowest BCUT2D eigenvalue weighted by molar-refractivity contribution is -0.153. The van der Waals surface area contributed by atoms with Crippen molar-refractivity contribution in [1.29, 1.82) is 10.5 Å². The standard InChI is InChI=1S/C25H22BrN5O3/c1-15-10-18(13-28)11-16(2)21(15)33-22-20(26)14-29-24(30-22)31(34-23(32)25(3,4)5)19-8-6-17(12-27)7-9-19/h6-11,14H,1-5H3. The van der Waals surface area contributed by atoms with Crippen LogP contribution in [0.15, 0.2) is 47.1 Å². The van der Waals surface area contributed by atoms with Gasteiger partial charge in [-0.3, -0.25) is 0 Å². The lowest BCUT2D eigenvalue weighted by Gasteiger charge is -2.25. The van der Waals surface area contributed by atoms with Crippen LogP contribution in [0.3, 0.4) is 0 Å². The number of carbonyl (C=O) groups is 1. The number of ether oxygens (including phenoxy) is 1. The van der Waals surface area contributed by atoms with Gasteiger partial charge >= 0.3 is 5.97 Å². The second kappa shape index (κ2) is 9.90. The zero-order valence-electron chi connectivity index (χ0n) is 19.4. The molecule has 0 bridgehead atoms. The van der Waals surface area contributed by atoms with Gasteiger partial charge in [-0.05, 0) is 98.1 Å². The van der Waals surface area contributed by atoms with E-state index in [1.165, 1.54) is 11.3 Å². The molecule has 0 spiro atoms. The van der Waals surface area contributed by atoms with Crippen molar-refractivity contribution in [3.63, 3.8) is 0 Å². The van der Waals surface area contributed by atoms with Crippen LogP contribution < -0.4 is 9.80 Å². The SMILES string of the molecule is Cc1cc(C#N)cc(C)c1Oc1nc(N(OC(=O)C(C)(C)C)c2ccc(C#N)cc2)ncc1Br. The van der Waals surface area contributed by atoms with Crippen molar-refractivity contribution < 1.29 is 14.4 Å². The van der Waals surface area contributed by atoms with E-state index in [0.717, 1.165) is 11.1 Å². The number of anilines is 2. The van der Waals surface area contributed by atoms with Crippen LogP contribution in [-0.2, 0) is 9.63 Å². The molecule has 0 amide bonds. The third-order valence-electron chi connectivity index (χ3n) is 4.69. The van der Waals surface area contributed by atoms with Gasteiger partial charge < -0.3 is 9.57 Å². The molecular formula is C25H22BrN5O3. The van der Waals surface area contributed by atoms with Crippen molar-refractivity contribution in [3.05, 3.63) is 69.3 Å². The summed E-state index contributed by atoms with van der Waals surface area (Å²) >= 11 is 3.41. The van der Waals surface area contributed by atoms with Gasteiger partial charge in [0.25, 0.3) is 5.95 Å². The molecule has 0 N–H and O–H groups in total. The minimum Gasteiger partial charge on any atom is -0.437 e. The Bertz CT molecular complexity index is 1300. The summed E-state index contributed by atoms with van der Waals surface area (Å²) in [6, 6.07) is 14.1. The Kier molecular flexibility index (Phi) is 7.19. The van der Waals surface area contributed by atoms with Gasteiger partial charge in [-0.2, -0.15) is 15.5 Å². The normalized spacial score (nSPS) is 10.7. The van der Waals surface area contributed by atoms with Crippen molar-refractivity contribution >= 4 is 33.5 Å². The first-order chi connectivity index (χ1) is 16.0. The van der Waals surface area contributed by atoms with E-state index < -0.39 is 11.4 Å². The van der Waals surface area contributed by atoms with Gasteiger partial charge in [0.15, 0.2) is 0 Å². The van der Waals surface area contributed by atoms with Crippen molar-refractivity contribution in [2.45, 2.75) is 34.6 Å². The highest BCUT2D eigenvalue weighted by atomic mass is 79.9. The van der Waals surface area contributed by atoms with E-state index in [1.807, 2.05) is 13.8 Å². The van der Waals surface area contributed by atoms with Gasteiger partial charge in [0.1, 0.15) is 5.75 Å². The molecule has 0 unspecified atom stereocenters. The maximum absolute atomic E-state index is 12.7. The average molecular weight is 520 g/mol. The molecule has 0 aliphatic carbocycles. The summed E-state index contributed by atoms with van der Waals surface area (Å²) in [5, 5.41) is 19.5. The molecule has 172 valence electrons. The van der Waals surface area contributed by atoms with Gasteiger partial charge in [0, 0.05) is 0 Å². The highest BCUT2D eigenvalue weighted by Gasteiger charge is 2.29. The molecule has 0 aliphatic rings. The number of rotatable bonds is 5. The summed E-state index contributed by atoms with van der Waals surface area (Å²) in [6.45, 7) is 8.89. The monoisotopic (exact) mass is 519 g/mol. The van der Waals surface area contributed by atoms with Crippen LogP contribution in [-0.4, -0.2) is 15.9 Å². The van der Waals surface area contributed by atoms with E-state index in [0.29, 0.717) is 27.0 Å². The van der Waals surface area contributed by atoms with Crippen LogP contribution in [0.4, 0.5) is 11.6 Å². The Hall–Kier alpha value is -3.95. The van der Waals surface area contributed by atoms with E-state index in [-0.39, 0.29) is 11.8 Å². The van der Waals surface area contributed by atoms with Crippen LogP contribution in [0.1, 0.15) is 43.0 Å². The largest absolute Gasteiger partial charge is 0.437 e. The van der Waals surface area contributed by atoms with Gasteiger partial charge in [-0.1, -0.05) is 0 Å². The number of aryl methyl sites for hydroxylation is 2. The molecule has 3 rings (SSSR count). The predicted octanol–water partition coefficient (Wildman–Crippen LogP) is 6.03. The first-order valence-corrected chi connectivity index (χ1v) is 11.1. The van der Waals surface area contributed by atoms with Gasteiger partial charge in [0.2, 0.25) is 5.88 Å². The van der Waals surface area contributed by atoms with Crippen LogP contribution in [0.2, 0.25) is 0 Å². The number of carbonyl (C=O) groups excluding carboxylic acids is 1. The molecule has 1 aromatic heterocycles. The van der Waals surface area contributed by atoms with Gasteiger partial charge in [-0.25, -0.2) is 9.78 Å². The molecule has 0 aliphatic heterocycles. The Morgan fingerprint density at radius 2 is 1.62 bits per heavy atom. The molecular weight excluding hydrogens is 498 g/mol. The fraction of sp³-hybridized carbons (Fsp3) is 0.240. The fourth-order valence-corrected chi connectivity index (χ4v) is 3.16. The molecule has 3 aromatic rings. The first-order valence-electron chi connectivity index (χ1n) is 10.3. The molecule has 0 saturated heterocycles. The highest BCUT2D eigenvalue weighted by Crippen LogP contribution is 2.35. The zero-order valence-corrected chi connectivity index (χ0v) is 21.0. The number of nitriles is 2. The summed E-state index contributed by atoms with van der Waals surface area (Å²) in [6.07, 6.45) is 1.49. The van der Waals surface area contributed by atoms with Crippen molar-refractivity contribution in [2.24, 2.45) is 5.41 Å². The highest BCUT2D eigenvalue weighted by molar-refractivity contribution is 9.10. The molecule has 0 fully saturated rings. The molecule has 9 heteroatoms. The lowest BCUT2D eigenvalue weighted by Crippen LogP contribution is -2.31. The fourth-order valence-electron chi connectivity index (χ4n) is 2.88. The molecule has 0 atom stereocenters. The third-order valence-corrected chi connectivity index (χ3v) is 5.23. The van der Waals surface area contributed by atoms with E-state index in [1.54, 1.807) is 57.2 Å². The van der Waals surface area contributed by atoms with Crippen LogP contribution in [0, 0.1) is 41.9 Å². The van der Waals surface area contributed by atoms with E-state index in [4.69, 9.17) is 14.8 Å². The predicted molar refractivity (Wildman–Crippen MR) is 129 cm³/mol. The minimum absolute atomic E-state index is 0.0597. The van der Waals surface area contributed by atoms with Crippen LogP contribution in [0.5, 0.6) is 11.6 Å². The number of hydrogen-bond acceptors (Lipinski definition) is 8. The minimum atomic E-state index is -0.781. The topological polar surface area (TPSA) is 112 Å². The Balaban J connectivity index is 2.05. The van der Waals surface area contributed by atoms with Crippen molar-refractivity contribution in [1.82, 2.24) is 9.97 Å². The summed E-state index contributed by atoms with van der Waals surface area (Å²) in [5.74, 6) is 0.321. The molecule has 0 saturated carbocycles. The number of nitrogens with zero attached hydrogens (tertiary/aromatic N) is 5. The Morgan fingerprint density at radius 1 is 1.03 bits per heavy atom. The Morgan fingerprint density at radius 3 is 2.15 bits per heavy atom. The number of benzene rings is 2. The summed E-state index contributed by atoms with van der Waals surface area (Å²) in [5.41, 5.74) is 2.20. The van der Waals surface area contributed by atoms with Crippen LogP contribution in [0.25, 0.3) is 0 Å². The molecule has 8 nitrogen and oxygen atoms in total. The molecule has 34 heavy (non-hydrogen) atoms. The number of halogens is 1. The van der Waals surface area contributed by atoms with E-state index in [9.17, 15) is 10.1 Å². The summed E-state index contributed by atoms with van der Waals surface area (Å²) in [7, 11) is 0. The molecule has 0 radical (unpaired) electrons. The summed E-state index contributed by atoms with van der Waals surface area (Å²) in [4.78, 5) is 27.2. The lowest BCUT2D eigenvalue weighted by atomic mass is 9.98. The average Bonchev–Trinajstić information content (AvgIpc) is 2.80. The van der Waals surface area contributed by atoms with Crippen molar-refractivity contribution in [3.8, 4) is 23.8 Å². The quantitative estimate of drug-likeness (QED) is 0.375. The second-order valence-corrected chi connectivity index (χ2v) is 9.41. The zero-order chi connectivity index (χ0) is 25.0. The Labute approximate surface area is 206 Å². The molecule has 1 heterocycles. The first kappa shape index (κ1) is 24.7. The third kappa shape index (κ3) is 5.51. The maximum atomic E-state index is 12.7. The van der Waals surface area contributed by atoms with Crippen LogP contribution >= 0.6 is 15.9 Å². The van der Waals surface area contributed by atoms with Crippen molar-refractivity contribution in [2.75, 3.05) is 5.06 Å². The second-order valence-electron chi connectivity index (χ2n) is 8.56. The van der Waals surface area contributed by atoms with E-state index >= 15 is 0 Å². The van der Waals surface area contributed by atoms with Gasteiger partial charge in [-0.15, -0.1) is 5.06 Å². The summed E-state index contributed by atoms with van der Waals surface area (Å²) < 4.78 is 6.58. The maximum Gasteiger partial charge on any atom is 0.338 e. The number of aromatic nitrogens is 2. The molecule has 2 aromatic carbocycles. The number of hydrogen-bond donors (Lipinski definition) is 0. The van der Waals surface area contributed by atoms with E-state index in [2.05, 4.69) is 38.0 Å². The smallest absolute Gasteiger partial charge is 0.338 e. The van der Waals surface area contributed by atoms with Gasteiger partial charge in [0.05, 0.1) is 45.0 Å².